The van der Waals surface area contributed by atoms with Gasteiger partial charge in [0.15, 0.2) is 0 Å². The molecule has 0 N–H and O–H groups in total. The first kappa shape index (κ1) is 24.5. The van der Waals surface area contributed by atoms with Gasteiger partial charge < -0.3 is 4.90 Å². The largest absolute Gasteiger partial charge is 0.368 e. The number of rotatable bonds is 5. The van der Waals surface area contributed by atoms with Crippen LogP contribution in [0.1, 0.15) is 22.6 Å². The minimum atomic E-state index is 0. The highest BCUT2D eigenvalue weighted by molar-refractivity contribution is 6.35. The summed E-state index contributed by atoms with van der Waals surface area (Å²) in [4.78, 5) is 13.7. The van der Waals surface area contributed by atoms with Gasteiger partial charge in [-0.25, -0.2) is 14.6 Å². The van der Waals surface area contributed by atoms with Crippen LogP contribution < -0.4 is 4.90 Å². The molecular formula is C23H27Cl3N6. The molecular weight excluding hydrogens is 467 g/mol. The number of piperazine rings is 1. The molecule has 0 spiro atoms. The van der Waals surface area contributed by atoms with E-state index in [1.165, 1.54) is 0 Å². The van der Waals surface area contributed by atoms with E-state index in [0.29, 0.717) is 11.0 Å². The third-order valence-electron chi connectivity index (χ3n) is 5.49. The van der Waals surface area contributed by atoms with E-state index in [2.05, 4.69) is 37.0 Å². The van der Waals surface area contributed by atoms with Crippen molar-refractivity contribution >= 4 is 47.4 Å². The normalized spacial score (nSPS) is 14.7. The molecule has 0 radical (unpaired) electrons. The van der Waals surface area contributed by atoms with Crippen LogP contribution in [-0.2, 0) is 0 Å². The maximum Gasteiger partial charge on any atom is 0.251 e. The molecule has 1 aliphatic rings. The summed E-state index contributed by atoms with van der Waals surface area (Å²) in [5.41, 5.74) is 5.00. The molecule has 0 saturated carbocycles. The van der Waals surface area contributed by atoms with Gasteiger partial charge >= 0.3 is 0 Å². The fourth-order valence-corrected chi connectivity index (χ4v) is 4.22. The molecule has 2 aromatic heterocycles. The van der Waals surface area contributed by atoms with Crippen LogP contribution >= 0.6 is 35.6 Å². The number of nitrogens with zero attached hydrogens (tertiary/aromatic N) is 6. The molecule has 1 aromatic carbocycles. The highest BCUT2D eigenvalue weighted by atomic mass is 35.5. The Morgan fingerprint density at radius 1 is 0.969 bits per heavy atom. The quantitative estimate of drug-likeness (QED) is 0.492. The third kappa shape index (κ3) is 5.62. The van der Waals surface area contributed by atoms with Crippen molar-refractivity contribution in [2.24, 2.45) is 0 Å². The SMILES string of the molecule is Cc1cc(C)nc(-n2ncc(/C=C/CN3CCN(c4cc(Cl)ccc4Cl)CC3)c2C)n1.Cl. The Hall–Kier alpha value is -2.12. The summed E-state index contributed by atoms with van der Waals surface area (Å²) in [5, 5.41) is 5.95. The number of hydrogen-bond donors (Lipinski definition) is 0. The molecule has 3 aromatic rings. The molecule has 32 heavy (non-hydrogen) atoms. The molecule has 1 fully saturated rings. The van der Waals surface area contributed by atoms with Crippen molar-refractivity contribution in [2.75, 3.05) is 37.6 Å². The van der Waals surface area contributed by atoms with E-state index in [1.807, 2.05) is 51.2 Å². The van der Waals surface area contributed by atoms with Crippen molar-refractivity contribution in [3.8, 4) is 5.95 Å². The molecule has 0 aliphatic carbocycles. The van der Waals surface area contributed by atoms with Gasteiger partial charge in [-0.3, -0.25) is 4.90 Å². The molecule has 0 bridgehead atoms. The fraction of sp³-hybridized carbons (Fsp3) is 0.348. The molecule has 3 heterocycles. The van der Waals surface area contributed by atoms with E-state index in [1.54, 1.807) is 4.68 Å². The summed E-state index contributed by atoms with van der Waals surface area (Å²) in [6, 6.07) is 7.59. The first-order valence-electron chi connectivity index (χ1n) is 10.4. The lowest BCUT2D eigenvalue weighted by atomic mass is 10.2. The van der Waals surface area contributed by atoms with Crippen molar-refractivity contribution in [3.05, 3.63) is 69.2 Å². The number of aromatic nitrogens is 4. The summed E-state index contributed by atoms with van der Waals surface area (Å²) >= 11 is 12.5. The van der Waals surface area contributed by atoms with E-state index in [9.17, 15) is 0 Å². The average molecular weight is 494 g/mol. The summed E-state index contributed by atoms with van der Waals surface area (Å²) in [5.74, 6) is 0.616. The number of aryl methyl sites for hydroxylation is 2. The second-order valence-electron chi connectivity index (χ2n) is 7.83. The topological polar surface area (TPSA) is 50.1 Å². The Labute approximate surface area is 205 Å². The standard InChI is InChI=1S/C23H26Cl2N6.ClH/c1-16-13-17(2)28-23(27-16)31-18(3)19(15-26-31)5-4-8-29-9-11-30(12-10-29)22-14-20(24)6-7-21(22)25;/h4-7,13-15H,8-12H2,1-3H3;1H/b5-4+;. The first-order valence-corrected chi connectivity index (χ1v) is 11.1. The molecule has 6 nitrogen and oxygen atoms in total. The van der Waals surface area contributed by atoms with E-state index < -0.39 is 0 Å². The first-order chi connectivity index (χ1) is 14.9. The van der Waals surface area contributed by atoms with Crippen molar-refractivity contribution in [3.63, 3.8) is 0 Å². The minimum Gasteiger partial charge on any atom is -0.368 e. The van der Waals surface area contributed by atoms with Crippen LogP contribution in [0, 0.1) is 20.8 Å². The average Bonchev–Trinajstić information content (AvgIpc) is 3.10. The van der Waals surface area contributed by atoms with Crippen LogP contribution in [-0.4, -0.2) is 57.4 Å². The summed E-state index contributed by atoms with van der Waals surface area (Å²) < 4.78 is 1.80. The Morgan fingerprint density at radius 3 is 2.34 bits per heavy atom. The monoisotopic (exact) mass is 492 g/mol. The lowest BCUT2D eigenvalue weighted by Crippen LogP contribution is -2.46. The highest BCUT2D eigenvalue weighted by Crippen LogP contribution is 2.29. The molecule has 1 aliphatic heterocycles. The molecule has 4 rings (SSSR count). The molecule has 1 saturated heterocycles. The van der Waals surface area contributed by atoms with Gasteiger partial charge in [-0.2, -0.15) is 5.10 Å². The molecule has 9 heteroatoms. The molecule has 170 valence electrons. The summed E-state index contributed by atoms with van der Waals surface area (Å²) in [7, 11) is 0. The number of anilines is 1. The van der Waals surface area contributed by atoms with E-state index in [0.717, 1.165) is 66.1 Å². The Kier molecular flexibility index (Phi) is 8.17. The van der Waals surface area contributed by atoms with Gasteiger partial charge in [0.1, 0.15) is 0 Å². The summed E-state index contributed by atoms with van der Waals surface area (Å²) in [6.45, 7) is 10.7. The zero-order valence-corrected chi connectivity index (χ0v) is 20.8. The smallest absolute Gasteiger partial charge is 0.251 e. The highest BCUT2D eigenvalue weighted by Gasteiger charge is 2.18. The van der Waals surface area contributed by atoms with E-state index >= 15 is 0 Å². The van der Waals surface area contributed by atoms with Crippen LogP contribution in [0.15, 0.2) is 36.5 Å². The van der Waals surface area contributed by atoms with Crippen LogP contribution in [0.3, 0.4) is 0 Å². The molecule has 0 amide bonds. The predicted molar refractivity (Wildman–Crippen MR) is 135 cm³/mol. The maximum absolute atomic E-state index is 6.35. The van der Waals surface area contributed by atoms with Crippen molar-refractivity contribution in [1.82, 2.24) is 24.6 Å². The van der Waals surface area contributed by atoms with Crippen LogP contribution in [0.4, 0.5) is 5.69 Å². The second-order valence-corrected chi connectivity index (χ2v) is 8.68. The maximum atomic E-state index is 6.35. The Bertz CT molecular complexity index is 1080. The zero-order chi connectivity index (χ0) is 22.0. The van der Waals surface area contributed by atoms with Crippen LogP contribution in [0.2, 0.25) is 10.0 Å². The summed E-state index contributed by atoms with van der Waals surface area (Å²) in [6.07, 6.45) is 6.19. The Balaban J connectivity index is 0.00000289. The zero-order valence-electron chi connectivity index (χ0n) is 18.4. The Morgan fingerprint density at radius 2 is 1.66 bits per heavy atom. The fourth-order valence-electron chi connectivity index (χ4n) is 3.82. The lowest BCUT2D eigenvalue weighted by molar-refractivity contribution is 0.284. The van der Waals surface area contributed by atoms with Gasteiger partial charge in [0.05, 0.1) is 22.6 Å². The van der Waals surface area contributed by atoms with Gasteiger partial charge in [-0.1, -0.05) is 35.4 Å². The van der Waals surface area contributed by atoms with E-state index in [-0.39, 0.29) is 12.4 Å². The molecule has 0 unspecified atom stereocenters. The van der Waals surface area contributed by atoms with Crippen LogP contribution in [0.5, 0.6) is 0 Å². The van der Waals surface area contributed by atoms with Crippen molar-refractivity contribution < 1.29 is 0 Å². The van der Waals surface area contributed by atoms with Gasteiger partial charge in [0.2, 0.25) is 0 Å². The van der Waals surface area contributed by atoms with Crippen molar-refractivity contribution in [2.45, 2.75) is 20.8 Å². The van der Waals surface area contributed by atoms with E-state index in [4.69, 9.17) is 23.2 Å². The van der Waals surface area contributed by atoms with Gasteiger partial charge in [-0.15, -0.1) is 12.4 Å². The van der Waals surface area contributed by atoms with Gasteiger partial charge in [0.25, 0.3) is 5.95 Å². The van der Waals surface area contributed by atoms with Crippen LogP contribution in [0.25, 0.3) is 12.0 Å². The number of halogens is 3. The molecule has 0 atom stereocenters. The van der Waals surface area contributed by atoms with Gasteiger partial charge in [0, 0.05) is 54.7 Å². The lowest BCUT2D eigenvalue weighted by Gasteiger charge is -2.36. The number of hydrogen-bond acceptors (Lipinski definition) is 5. The number of benzene rings is 1. The third-order valence-corrected chi connectivity index (χ3v) is 6.04. The van der Waals surface area contributed by atoms with Gasteiger partial charge in [-0.05, 0) is 45.0 Å². The van der Waals surface area contributed by atoms with Crippen molar-refractivity contribution in [1.29, 1.82) is 0 Å². The predicted octanol–water partition coefficient (Wildman–Crippen LogP) is 5.15. The second kappa shape index (κ2) is 10.7. The minimum absolute atomic E-state index is 0.